The average Bonchev–Trinajstić information content (AvgIpc) is 3.34. The lowest BCUT2D eigenvalue weighted by Gasteiger charge is -2.20. The molecule has 1 heterocycles. The lowest BCUT2D eigenvalue weighted by atomic mass is 10.1. The normalized spacial score (nSPS) is 11.2. The summed E-state index contributed by atoms with van der Waals surface area (Å²) in [5, 5.41) is 8.71. The molecule has 4 aromatic rings. The van der Waals surface area contributed by atoms with Crippen LogP contribution >= 0.6 is 11.5 Å². The fraction of sp³-hybridized carbons (Fsp3) is 0.0870. The van der Waals surface area contributed by atoms with Crippen LogP contribution < -0.4 is 9.62 Å². The molecule has 0 radical (unpaired) electrons. The molecule has 0 bridgehead atoms. The van der Waals surface area contributed by atoms with Crippen molar-refractivity contribution >= 4 is 38.8 Å². The molecule has 4 rings (SSSR count). The molecule has 1 amide bonds. The summed E-state index contributed by atoms with van der Waals surface area (Å²) >= 11 is 1.28. The van der Waals surface area contributed by atoms with Crippen LogP contribution in [-0.2, 0) is 10.0 Å². The van der Waals surface area contributed by atoms with Gasteiger partial charge in [-0.05, 0) is 67.0 Å². The first-order valence-corrected chi connectivity index (χ1v) is 12.0. The lowest BCUT2D eigenvalue weighted by molar-refractivity contribution is 0.102. The van der Waals surface area contributed by atoms with E-state index >= 15 is 0 Å². The fourth-order valence-corrected chi connectivity index (χ4v) is 4.71. The number of benzene rings is 3. The second kappa shape index (κ2) is 8.89. The molecule has 0 spiro atoms. The van der Waals surface area contributed by atoms with Gasteiger partial charge in [-0.3, -0.25) is 9.10 Å². The Morgan fingerprint density at radius 3 is 2.19 bits per heavy atom. The van der Waals surface area contributed by atoms with Crippen molar-refractivity contribution in [3.8, 4) is 11.3 Å². The van der Waals surface area contributed by atoms with Gasteiger partial charge in [0.15, 0.2) is 0 Å². The molecule has 3 aromatic carbocycles. The number of aryl methyl sites for hydroxylation is 1. The van der Waals surface area contributed by atoms with Gasteiger partial charge in [0.2, 0.25) is 0 Å². The van der Waals surface area contributed by atoms with Gasteiger partial charge in [0.05, 0.1) is 10.6 Å². The van der Waals surface area contributed by atoms with Crippen molar-refractivity contribution in [1.82, 2.24) is 9.59 Å². The Bertz CT molecular complexity index is 1320. The number of nitrogens with zero attached hydrogens (tertiary/aromatic N) is 3. The van der Waals surface area contributed by atoms with E-state index in [0.717, 1.165) is 16.8 Å². The largest absolute Gasteiger partial charge is 0.322 e. The molecule has 1 aromatic heterocycles. The molecule has 9 heteroatoms. The summed E-state index contributed by atoms with van der Waals surface area (Å²) in [6.45, 7) is 1.90. The number of hydrogen-bond acceptors (Lipinski definition) is 6. The molecule has 0 unspecified atom stereocenters. The van der Waals surface area contributed by atoms with Gasteiger partial charge >= 0.3 is 0 Å². The van der Waals surface area contributed by atoms with Crippen LogP contribution in [0.4, 0.5) is 11.4 Å². The third kappa shape index (κ3) is 4.53. The Morgan fingerprint density at radius 1 is 0.938 bits per heavy atom. The van der Waals surface area contributed by atoms with Gasteiger partial charge in [0, 0.05) is 29.2 Å². The van der Waals surface area contributed by atoms with Gasteiger partial charge in [0.1, 0.15) is 5.69 Å². The van der Waals surface area contributed by atoms with Crippen LogP contribution in [0.5, 0.6) is 0 Å². The van der Waals surface area contributed by atoms with Crippen LogP contribution in [0.3, 0.4) is 0 Å². The van der Waals surface area contributed by atoms with Crippen molar-refractivity contribution in [3.05, 3.63) is 89.3 Å². The molecule has 0 aliphatic heterocycles. The van der Waals surface area contributed by atoms with Crippen molar-refractivity contribution in [2.24, 2.45) is 0 Å². The first-order valence-electron chi connectivity index (χ1n) is 9.69. The van der Waals surface area contributed by atoms with E-state index in [9.17, 15) is 13.2 Å². The van der Waals surface area contributed by atoms with Gasteiger partial charge in [-0.15, -0.1) is 5.10 Å². The topological polar surface area (TPSA) is 92.3 Å². The number of rotatable bonds is 6. The zero-order chi connectivity index (χ0) is 22.7. The van der Waals surface area contributed by atoms with Crippen LogP contribution in [0.25, 0.3) is 11.3 Å². The van der Waals surface area contributed by atoms with Gasteiger partial charge in [-0.1, -0.05) is 34.3 Å². The van der Waals surface area contributed by atoms with Crippen molar-refractivity contribution < 1.29 is 13.2 Å². The lowest BCUT2D eigenvalue weighted by Crippen LogP contribution is -2.26. The smallest absolute Gasteiger partial charge is 0.264 e. The Balaban J connectivity index is 1.46. The zero-order valence-electron chi connectivity index (χ0n) is 17.4. The molecule has 0 atom stereocenters. The van der Waals surface area contributed by atoms with E-state index in [2.05, 4.69) is 14.9 Å². The molecule has 1 N–H and O–H groups in total. The molecule has 0 saturated heterocycles. The number of carbonyl (C=O) groups excluding carboxylic acids is 1. The zero-order valence-corrected chi connectivity index (χ0v) is 19.0. The first kappa shape index (κ1) is 21.7. The molecule has 0 aliphatic carbocycles. The van der Waals surface area contributed by atoms with E-state index in [-0.39, 0.29) is 10.8 Å². The highest BCUT2D eigenvalue weighted by Crippen LogP contribution is 2.24. The van der Waals surface area contributed by atoms with E-state index in [1.807, 2.05) is 24.4 Å². The molecule has 162 valence electrons. The standard InChI is InChI=1S/C23H20N4O3S2/c1-16-3-13-21(14-4-16)32(29,30)27(2)20-11-7-18(8-12-20)23(28)24-19-9-5-17(6-10-19)22-15-31-26-25-22/h3-15H,1-2H3,(H,24,28). The second-order valence-corrected chi connectivity index (χ2v) is 9.73. The molecule has 0 fully saturated rings. The Morgan fingerprint density at radius 2 is 1.59 bits per heavy atom. The van der Waals surface area contributed by atoms with Crippen LogP contribution in [0.2, 0.25) is 0 Å². The quantitative estimate of drug-likeness (QED) is 0.451. The van der Waals surface area contributed by atoms with E-state index in [1.54, 1.807) is 60.7 Å². The first-order chi connectivity index (χ1) is 15.3. The molecule has 0 aliphatic rings. The van der Waals surface area contributed by atoms with Gasteiger partial charge in [-0.2, -0.15) is 0 Å². The second-order valence-electron chi connectivity index (χ2n) is 7.15. The van der Waals surface area contributed by atoms with Gasteiger partial charge < -0.3 is 5.32 Å². The van der Waals surface area contributed by atoms with E-state index in [4.69, 9.17) is 0 Å². The van der Waals surface area contributed by atoms with E-state index in [0.29, 0.717) is 16.9 Å². The van der Waals surface area contributed by atoms with Gasteiger partial charge in [0.25, 0.3) is 15.9 Å². The Hall–Kier alpha value is -3.56. The number of amides is 1. The minimum Gasteiger partial charge on any atom is -0.322 e. The minimum absolute atomic E-state index is 0.212. The average molecular weight is 465 g/mol. The minimum atomic E-state index is -3.69. The maximum atomic E-state index is 12.9. The van der Waals surface area contributed by atoms with Crippen LogP contribution in [-0.4, -0.2) is 31.0 Å². The molecular formula is C23H20N4O3S2. The number of anilines is 2. The number of aromatic nitrogens is 2. The Labute approximate surface area is 190 Å². The number of hydrogen-bond donors (Lipinski definition) is 1. The van der Waals surface area contributed by atoms with Crippen molar-refractivity contribution in [3.63, 3.8) is 0 Å². The van der Waals surface area contributed by atoms with Crippen molar-refractivity contribution in [2.75, 3.05) is 16.7 Å². The summed E-state index contributed by atoms with van der Waals surface area (Å²) in [6.07, 6.45) is 0. The number of sulfonamides is 1. The third-order valence-electron chi connectivity index (χ3n) is 4.97. The molecule has 0 saturated carbocycles. The highest BCUT2D eigenvalue weighted by molar-refractivity contribution is 7.92. The Kier molecular flexibility index (Phi) is 6.02. The highest BCUT2D eigenvalue weighted by atomic mass is 32.2. The number of nitrogens with one attached hydrogen (secondary N) is 1. The van der Waals surface area contributed by atoms with E-state index < -0.39 is 10.0 Å². The maximum Gasteiger partial charge on any atom is 0.264 e. The predicted molar refractivity (Wildman–Crippen MR) is 127 cm³/mol. The fourth-order valence-electron chi connectivity index (χ4n) is 3.05. The summed E-state index contributed by atoms with van der Waals surface area (Å²) in [6, 6.07) is 20.4. The molecular weight excluding hydrogens is 444 g/mol. The van der Waals surface area contributed by atoms with E-state index in [1.165, 1.54) is 22.9 Å². The summed E-state index contributed by atoms with van der Waals surface area (Å²) in [7, 11) is -2.20. The third-order valence-corrected chi connectivity index (χ3v) is 7.28. The summed E-state index contributed by atoms with van der Waals surface area (Å²) in [4.78, 5) is 12.8. The van der Waals surface area contributed by atoms with Crippen LogP contribution in [0.15, 0.2) is 83.1 Å². The summed E-state index contributed by atoms with van der Waals surface area (Å²) in [5.74, 6) is -0.288. The maximum absolute atomic E-state index is 12.9. The van der Waals surface area contributed by atoms with Crippen molar-refractivity contribution in [1.29, 1.82) is 0 Å². The summed E-state index contributed by atoms with van der Waals surface area (Å²) < 4.78 is 30.8. The summed E-state index contributed by atoms with van der Waals surface area (Å²) in [5.41, 5.74) is 4.21. The van der Waals surface area contributed by atoms with Crippen molar-refractivity contribution in [2.45, 2.75) is 11.8 Å². The molecule has 32 heavy (non-hydrogen) atoms. The van der Waals surface area contributed by atoms with Crippen LogP contribution in [0.1, 0.15) is 15.9 Å². The highest BCUT2D eigenvalue weighted by Gasteiger charge is 2.21. The van der Waals surface area contributed by atoms with Crippen LogP contribution in [0, 0.1) is 6.92 Å². The predicted octanol–water partition coefficient (Wildman–Crippen LogP) is 4.59. The van der Waals surface area contributed by atoms with Gasteiger partial charge in [-0.25, -0.2) is 8.42 Å². The number of carbonyl (C=O) groups is 1. The molecule has 7 nitrogen and oxygen atoms in total. The SMILES string of the molecule is Cc1ccc(S(=O)(=O)N(C)c2ccc(C(=O)Nc3ccc(-c4csnn4)cc3)cc2)cc1. The monoisotopic (exact) mass is 464 g/mol.